The fourth-order valence-electron chi connectivity index (χ4n) is 2.12. The Morgan fingerprint density at radius 2 is 1.82 bits per heavy atom. The van der Waals surface area contributed by atoms with Crippen LogP contribution in [0.25, 0.3) is 5.69 Å². The van der Waals surface area contributed by atoms with E-state index in [9.17, 15) is 4.79 Å². The molecule has 0 fully saturated rings. The number of rotatable bonds is 4. The number of hydrogen-bond acceptors (Lipinski definition) is 2. The summed E-state index contributed by atoms with van der Waals surface area (Å²) in [6.45, 7) is 0. The maximum Gasteiger partial charge on any atom is 0.228 e. The van der Waals surface area contributed by atoms with Crippen LogP contribution in [-0.4, -0.2) is 15.7 Å². The van der Waals surface area contributed by atoms with Gasteiger partial charge in [-0.05, 0) is 45.8 Å². The quantitative estimate of drug-likeness (QED) is 0.773. The van der Waals surface area contributed by atoms with E-state index in [0.29, 0.717) is 0 Å². The summed E-state index contributed by atoms with van der Waals surface area (Å²) in [6, 6.07) is 17.3. The monoisotopic (exact) mass is 355 g/mol. The van der Waals surface area contributed by atoms with Gasteiger partial charge in [-0.2, -0.15) is 5.10 Å². The van der Waals surface area contributed by atoms with Crippen molar-refractivity contribution in [1.82, 2.24) is 9.78 Å². The zero-order valence-electron chi connectivity index (χ0n) is 11.7. The van der Waals surface area contributed by atoms with Gasteiger partial charge < -0.3 is 5.32 Å². The summed E-state index contributed by atoms with van der Waals surface area (Å²) in [5.74, 6) is -0.0699. The largest absolute Gasteiger partial charge is 0.325 e. The summed E-state index contributed by atoms with van der Waals surface area (Å²) < 4.78 is 2.63. The van der Waals surface area contributed by atoms with Gasteiger partial charge in [-0.1, -0.05) is 30.3 Å². The van der Waals surface area contributed by atoms with Crippen molar-refractivity contribution in [3.05, 3.63) is 77.0 Å². The van der Waals surface area contributed by atoms with Crippen molar-refractivity contribution in [2.45, 2.75) is 6.42 Å². The summed E-state index contributed by atoms with van der Waals surface area (Å²) in [6.07, 6.45) is 3.87. The SMILES string of the molecule is O=C(Cc1cnn(-c2ccccc2)c1)Nc1ccccc1Br. The Morgan fingerprint density at radius 3 is 2.59 bits per heavy atom. The third kappa shape index (κ3) is 3.43. The van der Waals surface area contributed by atoms with Gasteiger partial charge in [-0.3, -0.25) is 4.79 Å². The van der Waals surface area contributed by atoms with Crippen LogP contribution in [-0.2, 0) is 11.2 Å². The number of nitrogens with one attached hydrogen (secondary N) is 1. The molecule has 22 heavy (non-hydrogen) atoms. The molecular weight excluding hydrogens is 342 g/mol. The highest BCUT2D eigenvalue weighted by Crippen LogP contribution is 2.21. The minimum absolute atomic E-state index is 0.0699. The summed E-state index contributed by atoms with van der Waals surface area (Å²) >= 11 is 3.41. The van der Waals surface area contributed by atoms with Crippen molar-refractivity contribution in [3.8, 4) is 5.69 Å². The van der Waals surface area contributed by atoms with Gasteiger partial charge in [0.1, 0.15) is 0 Å². The normalized spacial score (nSPS) is 10.4. The lowest BCUT2D eigenvalue weighted by atomic mass is 10.2. The highest BCUT2D eigenvalue weighted by atomic mass is 79.9. The van der Waals surface area contributed by atoms with Crippen LogP contribution >= 0.6 is 15.9 Å². The van der Waals surface area contributed by atoms with Crippen LogP contribution in [0.5, 0.6) is 0 Å². The van der Waals surface area contributed by atoms with E-state index in [4.69, 9.17) is 0 Å². The first-order valence-corrected chi connectivity index (χ1v) is 7.65. The van der Waals surface area contributed by atoms with Gasteiger partial charge in [0, 0.05) is 10.7 Å². The molecule has 0 unspecified atom stereocenters. The minimum Gasteiger partial charge on any atom is -0.325 e. The Kier molecular flexibility index (Phi) is 4.34. The zero-order chi connectivity index (χ0) is 15.4. The number of hydrogen-bond donors (Lipinski definition) is 1. The summed E-state index contributed by atoms with van der Waals surface area (Å²) in [5, 5.41) is 7.18. The standard InChI is InChI=1S/C17H14BrN3O/c18-15-8-4-5-9-16(15)20-17(22)10-13-11-19-21(12-13)14-6-2-1-3-7-14/h1-9,11-12H,10H2,(H,20,22). The molecule has 0 radical (unpaired) electrons. The molecule has 0 bridgehead atoms. The fraction of sp³-hybridized carbons (Fsp3) is 0.0588. The van der Waals surface area contributed by atoms with Crippen LogP contribution < -0.4 is 5.32 Å². The molecule has 4 nitrogen and oxygen atoms in total. The second-order valence-corrected chi connectivity index (χ2v) is 5.69. The van der Waals surface area contributed by atoms with Gasteiger partial charge in [0.15, 0.2) is 0 Å². The van der Waals surface area contributed by atoms with Gasteiger partial charge >= 0.3 is 0 Å². The average Bonchev–Trinajstić information content (AvgIpc) is 2.99. The molecule has 0 aliphatic rings. The summed E-state index contributed by atoms with van der Waals surface area (Å²) in [5.41, 5.74) is 2.61. The van der Waals surface area contributed by atoms with Crippen LogP contribution in [0.3, 0.4) is 0 Å². The number of anilines is 1. The Hall–Kier alpha value is -2.40. The Morgan fingerprint density at radius 1 is 1.09 bits per heavy atom. The van der Waals surface area contributed by atoms with Crippen molar-refractivity contribution >= 4 is 27.5 Å². The Bertz CT molecular complexity index is 783. The number of para-hydroxylation sites is 2. The van der Waals surface area contributed by atoms with Crippen LogP contribution in [0.4, 0.5) is 5.69 Å². The smallest absolute Gasteiger partial charge is 0.228 e. The van der Waals surface area contributed by atoms with E-state index in [0.717, 1.165) is 21.4 Å². The average molecular weight is 356 g/mol. The lowest BCUT2D eigenvalue weighted by molar-refractivity contribution is -0.115. The topological polar surface area (TPSA) is 46.9 Å². The van der Waals surface area contributed by atoms with Crippen molar-refractivity contribution < 1.29 is 4.79 Å². The van der Waals surface area contributed by atoms with Crippen LogP contribution in [0.15, 0.2) is 71.5 Å². The molecule has 3 rings (SSSR count). The minimum atomic E-state index is -0.0699. The molecule has 0 aliphatic heterocycles. The van der Waals surface area contributed by atoms with Gasteiger partial charge in [-0.25, -0.2) is 4.68 Å². The molecule has 1 N–H and O–H groups in total. The highest BCUT2D eigenvalue weighted by molar-refractivity contribution is 9.10. The Labute approximate surface area is 136 Å². The molecule has 0 saturated heterocycles. The molecule has 0 atom stereocenters. The van der Waals surface area contributed by atoms with E-state index < -0.39 is 0 Å². The number of carbonyl (C=O) groups is 1. The van der Waals surface area contributed by atoms with Gasteiger partial charge in [0.25, 0.3) is 0 Å². The number of aromatic nitrogens is 2. The van der Waals surface area contributed by atoms with E-state index in [1.807, 2.05) is 60.8 Å². The highest BCUT2D eigenvalue weighted by Gasteiger charge is 2.08. The molecule has 5 heteroatoms. The van der Waals surface area contributed by atoms with Crippen molar-refractivity contribution in [1.29, 1.82) is 0 Å². The fourth-order valence-corrected chi connectivity index (χ4v) is 2.50. The number of halogens is 1. The van der Waals surface area contributed by atoms with Crippen LogP contribution in [0, 0.1) is 0 Å². The molecule has 2 aromatic carbocycles. The van der Waals surface area contributed by atoms with Crippen LogP contribution in [0.2, 0.25) is 0 Å². The molecular formula is C17H14BrN3O. The van der Waals surface area contributed by atoms with Gasteiger partial charge in [0.2, 0.25) is 5.91 Å². The lowest BCUT2D eigenvalue weighted by Crippen LogP contribution is -2.14. The van der Waals surface area contributed by atoms with E-state index in [1.54, 1.807) is 10.9 Å². The summed E-state index contributed by atoms with van der Waals surface area (Å²) in [7, 11) is 0. The van der Waals surface area contributed by atoms with Gasteiger partial charge in [-0.15, -0.1) is 0 Å². The molecule has 1 heterocycles. The first-order chi connectivity index (χ1) is 10.7. The lowest BCUT2D eigenvalue weighted by Gasteiger charge is -2.06. The second kappa shape index (κ2) is 6.58. The van der Waals surface area contributed by atoms with Crippen molar-refractivity contribution in [2.24, 2.45) is 0 Å². The van der Waals surface area contributed by atoms with Crippen molar-refractivity contribution in [3.63, 3.8) is 0 Å². The summed E-state index contributed by atoms with van der Waals surface area (Å²) in [4.78, 5) is 12.1. The molecule has 110 valence electrons. The molecule has 0 spiro atoms. The number of carbonyl (C=O) groups excluding carboxylic acids is 1. The maximum atomic E-state index is 12.1. The predicted octanol–water partition coefficient (Wildman–Crippen LogP) is 3.82. The van der Waals surface area contributed by atoms with Gasteiger partial charge in [0.05, 0.1) is 24.0 Å². The van der Waals surface area contributed by atoms with Crippen molar-refractivity contribution in [2.75, 3.05) is 5.32 Å². The van der Waals surface area contributed by atoms with E-state index >= 15 is 0 Å². The van der Waals surface area contributed by atoms with E-state index in [2.05, 4.69) is 26.3 Å². The van der Waals surface area contributed by atoms with Crippen LogP contribution in [0.1, 0.15) is 5.56 Å². The Balaban J connectivity index is 1.68. The third-order valence-electron chi connectivity index (χ3n) is 3.17. The predicted molar refractivity (Wildman–Crippen MR) is 90.0 cm³/mol. The van der Waals surface area contributed by atoms with E-state index in [1.165, 1.54) is 0 Å². The number of amides is 1. The molecule has 1 aromatic heterocycles. The van der Waals surface area contributed by atoms with E-state index in [-0.39, 0.29) is 12.3 Å². The molecule has 0 saturated carbocycles. The molecule has 1 amide bonds. The first kappa shape index (κ1) is 14.5. The zero-order valence-corrected chi connectivity index (χ0v) is 13.3. The molecule has 0 aliphatic carbocycles. The molecule has 3 aromatic rings. The number of benzene rings is 2. The first-order valence-electron chi connectivity index (χ1n) is 6.86. The second-order valence-electron chi connectivity index (χ2n) is 4.83. The maximum absolute atomic E-state index is 12.1. The third-order valence-corrected chi connectivity index (χ3v) is 3.86. The number of nitrogens with zero attached hydrogens (tertiary/aromatic N) is 2.